The van der Waals surface area contributed by atoms with Crippen LogP contribution in [0.25, 0.3) is 5.69 Å². The molecule has 2 rings (SSSR count). The van der Waals surface area contributed by atoms with Gasteiger partial charge in [0.1, 0.15) is 12.0 Å². The lowest BCUT2D eigenvalue weighted by molar-refractivity contribution is 0.112. The van der Waals surface area contributed by atoms with E-state index in [0.29, 0.717) is 17.7 Å². The van der Waals surface area contributed by atoms with Gasteiger partial charge in [-0.15, -0.1) is 0 Å². The van der Waals surface area contributed by atoms with Gasteiger partial charge in [-0.1, -0.05) is 0 Å². The molecule has 0 atom stereocenters. The molecule has 0 amide bonds. The number of carbonyl (C=O) groups is 1. The normalized spacial score (nSPS) is 10.7. The monoisotopic (exact) mass is 250 g/mol. The van der Waals surface area contributed by atoms with Crippen molar-refractivity contribution in [1.29, 1.82) is 0 Å². The van der Waals surface area contributed by atoms with Crippen LogP contribution < -0.4 is 0 Å². The molecule has 0 unspecified atom stereocenters. The van der Waals surface area contributed by atoms with E-state index in [1.165, 1.54) is 4.68 Å². The highest BCUT2D eigenvalue weighted by atomic mass is 19.1. The van der Waals surface area contributed by atoms with E-state index in [-0.39, 0.29) is 11.3 Å². The zero-order valence-corrected chi connectivity index (χ0v) is 10.3. The van der Waals surface area contributed by atoms with Crippen LogP contribution >= 0.6 is 0 Å². The van der Waals surface area contributed by atoms with E-state index in [4.69, 9.17) is 0 Å². The van der Waals surface area contributed by atoms with Gasteiger partial charge in [-0.05, 0) is 38.5 Å². The molecule has 0 aliphatic rings. The Morgan fingerprint density at radius 3 is 2.11 bits per heavy atom. The Balaban J connectivity index is 2.71. The average Bonchev–Trinajstić information content (AvgIpc) is 2.56. The fraction of sp³-hybridized carbons (Fsp3) is 0.231. The highest BCUT2D eigenvalue weighted by molar-refractivity contribution is 5.75. The van der Waals surface area contributed by atoms with Crippen LogP contribution in [0, 0.1) is 32.4 Å². The summed E-state index contributed by atoms with van der Waals surface area (Å²) in [6, 6.07) is 1.99. The summed E-state index contributed by atoms with van der Waals surface area (Å²) in [7, 11) is 0. The smallest absolute Gasteiger partial charge is 0.152 e. The molecule has 1 aromatic heterocycles. The molecule has 0 aliphatic heterocycles. The molecule has 0 bridgehead atoms. The largest absolute Gasteiger partial charge is 0.298 e. The predicted molar refractivity (Wildman–Crippen MR) is 63.1 cm³/mol. The molecule has 1 aromatic carbocycles. The number of aromatic nitrogens is 2. The van der Waals surface area contributed by atoms with Crippen LogP contribution in [-0.4, -0.2) is 16.1 Å². The van der Waals surface area contributed by atoms with Gasteiger partial charge in [0.15, 0.2) is 11.6 Å². The van der Waals surface area contributed by atoms with Crippen molar-refractivity contribution >= 4 is 6.29 Å². The molecule has 0 saturated carbocycles. The number of nitrogens with zero attached hydrogens (tertiary/aromatic N) is 2. The SMILES string of the molecule is Cc1nn(-c2c(F)cc(C=O)cc2F)c(C)c1C. The van der Waals surface area contributed by atoms with E-state index < -0.39 is 11.6 Å². The highest BCUT2D eigenvalue weighted by Gasteiger charge is 2.17. The minimum atomic E-state index is -0.803. The maximum Gasteiger partial charge on any atom is 0.152 e. The summed E-state index contributed by atoms with van der Waals surface area (Å²) >= 11 is 0. The van der Waals surface area contributed by atoms with Gasteiger partial charge in [0, 0.05) is 11.3 Å². The van der Waals surface area contributed by atoms with E-state index in [1.807, 2.05) is 6.92 Å². The lowest BCUT2D eigenvalue weighted by Crippen LogP contribution is -2.06. The van der Waals surface area contributed by atoms with E-state index in [0.717, 1.165) is 17.7 Å². The lowest BCUT2D eigenvalue weighted by Gasteiger charge is -2.08. The first-order valence-electron chi connectivity index (χ1n) is 5.43. The molecular weight excluding hydrogens is 238 g/mol. The van der Waals surface area contributed by atoms with E-state index >= 15 is 0 Å². The van der Waals surface area contributed by atoms with Crippen LogP contribution in [0.3, 0.4) is 0 Å². The standard InChI is InChI=1S/C13H12F2N2O/c1-7-8(2)16-17(9(7)3)13-11(14)4-10(6-18)5-12(13)15/h4-6H,1-3H3. The summed E-state index contributed by atoms with van der Waals surface area (Å²) in [6.07, 6.45) is 0.405. The first-order chi connectivity index (χ1) is 8.45. The molecule has 0 aliphatic carbocycles. The van der Waals surface area contributed by atoms with Crippen LogP contribution in [0.4, 0.5) is 8.78 Å². The summed E-state index contributed by atoms with van der Waals surface area (Å²) in [5, 5.41) is 4.11. The summed E-state index contributed by atoms with van der Waals surface area (Å²) < 4.78 is 28.9. The number of halogens is 2. The zero-order valence-electron chi connectivity index (χ0n) is 10.3. The quantitative estimate of drug-likeness (QED) is 0.768. The van der Waals surface area contributed by atoms with Gasteiger partial charge in [-0.2, -0.15) is 5.10 Å². The Labute approximate surface area is 103 Å². The van der Waals surface area contributed by atoms with Crippen LogP contribution in [0.2, 0.25) is 0 Å². The van der Waals surface area contributed by atoms with Crippen LogP contribution in [0.5, 0.6) is 0 Å². The Kier molecular flexibility index (Phi) is 2.98. The third kappa shape index (κ3) is 1.81. The zero-order chi connectivity index (χ0) is 13.4. The highest BCUT2D eigenvalue weighted by Crippen LogP contribution is 2.22. The Bertz CT molecular complexity index is 609. The summed E-state index contributed by atoms with van der Waals surface area (Å²) in [5.74, 6) is -1.61. The summed E-state index contributed by atoms with van der Waals surface area (Å²) in [6.45, 7) is 5.35. The molecule has 18 heavy (non-hydrogen) atoms. The second kappa shape index (κ2) is 4.33. The van der Waals surface area contributed by atoms with E-state index in [2.05, 4.69) is 5.10 Å². The van der Waals surface area contributed by atoms with Gasteiger partial charge in [-0.25, -0.2) is 13.5 Å². The molecule has 94 valence electrons. The van der Waals surface area contributed by atoms with Crippen molar-refractivity contribution < 1.29 is 13.6 Å². The van der Waals surface area contributed by atoms with Gasteiger partial charge in [0.25, 0.3) is 0 Å². The fourth-order valence-electron chi connectivity index (χ4n) is 1.79. The molecule has 2 aromatic rings. The van der Waals surface area contributed by atoms with Crippen molar-refractivity contribution in [2.75, 3.05) is 0 Å². The second-order valence-corrected chi connectivity index (χ2v) is 4.16. The Hall–Kier alpha value is -2.04. The van der Waals surface area contributed by atoms with Crippen molar-refractivity contribution in [2.45, 2.75) is 20.8 Å². The third-order valence-electron chi connectivity index (χ3n) is 3.04. The maximum absolute atomic E-state index is 13.8. The first kappa shape index (κ1) is 12.4. The summed E-state index contributed by atoms with van der Waals surface area (Å²) in [4.78, 5) is 10.5. The number of carbonyl (C=O) groups excluding carboxylic acids is 1. The number of rotatable bonds is 2. The Morgan fingerprint density at radius 1 is 1.17 bits per heavy atom. The van der Waals surface area contributed by atoms with Gasteiger partial charge >= 0.3 is 0 Å². The number of hydrogen-bond donors (Lipinski definition) is 0. The number of aldehydes is 1. The number of hydrogen-bond acceptors (Lipinski definition) is 2. The lowest BCUT2D eigenvalue weighted by atomic mass is 10.2. The average molecular weight is 250 g/mol. The molecule has 0 fully saturated rings. The fourth-order valence-corrected chi connectivity index (χ4v) is 1.79. The van der Waals surface area contributed by atoms with Gasteiger partial charge in [0.05, 0.1) is 5.69 Å². The molecule has 0 saturated heterocycles. The van der Waals surface area contributed by atoms with Crippen LogP contribution in [-0.2, 0) is 0 Å². The van der Waals surface area contributed by atoms with Crippen molar-refractivity contribution in [2.24, 2.45) is 0 Å². The van der Waals surface area contributed by atoms with Crippen molar-refractivity contribution in [3.8, 4) is 5.69 Å². The maximum atomic E-state index is 13.8. The van der Waals surface area contributed by atoms with Crippen molar-refractivity contribution in [3.63, 3.8) is 0 Å². The minimum absolute atomic E-state index is 0.0352. The molecule has 1 heterocycles. The molecule has 0 radical (unpaired) electrons. The van der Waals surface area contributed by atoms with Gasteiger partial charge < -0.3 is 0 Å². The third-order valence-corrected chi connectivity index (χ3v) is 3.04. The topological polar surface area (TPSA) is 34.9 Å². The number of benzene rings is 1. The second-order valence-electron chi connectivity index (χ2n) is 4.16. The number of aryl methyl sites for hydroxylation is 1. The molecule has 5 heteroatoms. The summed E-state index contributed by atoms with van der Waals surface area (Å²) in [5.41, 5.74) is 1.98. The van der Waals surface area contributed by atoms with E-state index in [9.17, 15) is 13.6 Å². The molecule has 0 N–H and O–H groups in total. The van der Waals surface area contributed by atoms with Crippen LogP contribution in [0.15, 0.2) is 12.1 Å². The minimum Gasteiger partial charge on any atom is -0.298 e. The molecular formula is C13H12F2N2O. The van der Waals surface area contributed by atoms with Gasteiger partial charge in [-0.3, -0.25) is 4.79 Å². The van der Waals surface area contributed by atoms with Gasteiger partial charge in [0.2, 0.25) is 0 Å². The van der Waals surface area contributed by atoms with Crippen molar-refractivity contribution in [3.05, 3.63) is 46.3 Å². The predicted octanol–water partition coefficient (Wildman–Crippen LogP) is 2.89. The van der Waals surface area contributed by atoms with E-state index in [1.54, 1.807) is 13.8 Å². The first-order valence-corrected chi connectivity index (χ1v) is 5.43. The van der Waals surface area contributed by atoms with Crippen LogP contribution in [0.1, 0.15) is 27.3 Å². The van der Waals surface area contributed by atoms with Crippen molar-refractivity contribution in [1.82, 2.24) is 9.78 Å². The molecule has 3 nitrogen and oxygen atoms in total. The Morgan fingerprint density at radius 2 is 1.72 bits per heavy atom. The molecule has 0 spiro atoms.